The number of ether oxygens (including phenoxy) is 1. The molecule has 8 nitrogen and oxygen atoms in total. The lowest BCUT2D eigenvalue weighted by Crippen LogP contribution is -2.45. The Morgan fingerprint density at radius 2 is 2.39 bits per heavy atom. The Morgan fingerprint density at radius 3 is 3.09 bits per heavy atom. The van der Waals surface area contributed by atoms with Crippen LogP contribution < -0.4 is 10.6 Å². The minimum absolute atomic E-state index is 0.115. The van der Waals surface area contributed by atoms with Crippen LogP contribution in [0.1, 0.15) is 25.6 Å². The van der Waals surface area contributed by atoms with Crippen molar-refractivity contribution in [3.8, 4) is 11.6 Å². The molecule has 23 heavy (non-hydrogen) atoms. The molecule has 3 heterocycles. The van der Waals surface area contributed by atoms with Crippen LogP contribution in [0, 0.1) is 0 Å². The summed E-state index contributed by atoms with van der Waals surface area (Å²) in [6.45, 7) is 4.16. The van der Waals surface area contributed by atoms with Crippen molar-refractivity contribution in [1.82, 2.24) is 25.8 Å². The van der Waals surface area contributed by atoms with Crippen LogP contribution in [-0.4, -0.2) is 46.9 Å². The molecule has 0 radical (unpaired) electrons. The fraction of sp³-hybridized carbons (Fsp3) is 0.533. The summed E-state index contributed by atoms with van der Waals surface area (Å²) >= 11 is 0. The number of guanidine groups is 1. The molecule has 0 aliphatic carbocycles. The second-order valence-electron chi connectivity index (χ2n) is 5.76. The molecule has 0 bridgehead atoms. The van der Waals surface area contributed by atoms with Crippen molar-refractivity contribution in [3.05, 3.63) is 24.2 Å². The lowest BCUT2D eigenvalue weighted by molar-refractivity contribution is 0.0243. The Morgan fingerprint density at radius 1 is 1.48 bits per heavy atom. The number of aliphatic imine (C=N–C) groups is 1. The molecule has 0 aromatic carbocycles. The Hall–Kier alpha value is -2.35. The highest BCUT2D eigenvalue weighted by molar-refractivity contribution is 5.79. The number of aromatic nitrogens is 3. The van der Waals surface area contributed by atoms with Crippen LogP contribution in [-0.2, 0) is 11.3 Å². The van der Waals surface area contributed by atoms with Crippen LogP contribution in [0.25, 0.3) is 11.6 Å². The molecular formula is C15H22N6O2. The number of nitrogens with zero attached hydrogens (tertiary/aromatic N) is 3. The van der Waals surface area contributed by atoms with Gasteiger partial charge in [0.05, 0.1) is 18.4 Å². The number of hydrogen-bond donors (Lipinski definition) is 3. The molecule has 1 unspecified atom stereocenters. The summed E-state index contributed by atoms with van der Waals surface area (Å²) in [5.41, 5.74) is -0.115. The molecule has 8 heteroatoms. The summed E-state index contributed by atoms with van der Waals surface area (Å²) in [5, 5.41) is 13.5. The van der Waals surface area contributed by atoms with Crippen LogP contribution in [0.5, 0.6) is 0 Å². The summed E-state index contributed by atoms with van der Waals surface area (Å²) in [7, 11) is 1.74. The molecule has 3 rings (SSSR count). The molecular weight excluding hydrogens is 296 g/mol. The Balaban J connectivity index is 1.50. The highest BCUT2D eigenvalue weighted by Gasteiger charge is 2.29. The van der Waals surface area contributed by atoms with Gasteiger partial charge in [0.15, 0.2) is 11.7 Å². The summed E-state index contributed by atoms with van der Waals surface area (Å²) in [5.74, 6) is 2.60. The number of nitrogens with one attached hydrogen (secondary N) is 3. The van der Waals surface area contributed by atoms with E-state index in [0.29, 0.717) is 29.9 Å². The first-order chi connectivity index (χ1) is 11.2. The lowest BCUT2D eigenvalue weighted by atomic mass is 10.0. The molecule has 1 saturated heterocycles. The molecule has 1 aliphatic heterocycles. The van der Waals surface area contributed by atoms with E-state index in [2.05, 4.69) is 37.7 Å². The number of furan rings is 1. The molecule has 2 aromatic rings. The standard InChI is InChI=1S/C15H22N6O2/c1-15(6-4-8-23-15)10-18-14(16-2)17-9-12-19-13(21-20-12)11-5-3-7-22-11/h3,5,7H,4,6,8-10H2,1-2H3,(H2,16,17,18)(H,19,20,21). The SMILES string of the molecule is CN=C(NCc1nc(-c2ccco2)n[nH]1)NCC1(C)CCCO1. The lowest BCUT2D eigenvalue weighted by Gasteiger charge is -2.24. The zero-order valence-electron chi connectivity index (χ0n) is 13.4. The van der Waals surface area contributed by atoms with Crippen molar-refractivity contribution in [2.45, 2.75) is 31.9 Å². The average molecular weight is 318 g/mol. The van der Waals surface area contributed by atoms with Gasteiger partial charge in [-0.1, -0.05) is 0 Å². The first-order valence-electron chi connectivity index (χ1n) is 7.72. The Bertz CT molecular complexity index is 643. The van der Waals surface area contributed by atoms with Gasteiger partial charge < -0.3 is 19.8 Å². The van der Waals surface area contributed by atoms with Gasteiger partial charge in [-0.3, -0.25) is 10.1 Å². The van der Waals surface area contributed by atoms with Crippen molar-refractivity contribution in [3.63, 3.8) is 0 Å². The molecule has 0 saturated carbocycles. The predicted molar refractivity (Wildman–Crippen MR) is 85.9 cm³/mol. The van der Waals surface area contributed by atoms with Crippen LogP contribution in [0.15, 0.2) is 27.8 Å². The fourth-order valence-electron chi connectivity index (χ4n) is 2.53. The van der Waals surface area contributed by atoms with E-state index in [1.807, 2.05) is 6.07 Å². The third-order valence-corrected chi connectivity index (χ3v) is 3.85. The van der Waals surface area contributed by atoms with E-state index in [9.17, 15) is 0 Å². The summed E-state index contributed by atoms with van der Waals surface area (Å²) in [4.78, 5) is 8.59. The van der Waals surface area contributed by atoms with Crippen LogP contribution >= 0.6 is 0 Å². The van der Waals surface area contributed by atoms with Gasteiger partial charge in [0.25, 0.3) is 0 Å². The van der Waals surface area contributed by atoms with E-state index < -0.39 is 0 Å². The topological polar surface area (TPSA) is 100 Å². The molecule has 124 valence electrons. The van der Waals surface area contributed by atoms with Gasteiger partial charge in [-0.25, -0.2) is 4.98 Å². The van der Waals surface area contributed by atoms with Gasteiger partial charge in [-0.05, 0) is 31.9 Å². The zero-order valence-corrected chi connectivity index (χ0v) is 13.4. The molecule has 0 spiro atoms. The summed E-state index contributed by atoms with van der Waals surface area (Å²) in [6, 6.07) is 3.63. The third-order valence-electron chi connectivity index (χ3n) is 3.85. The Kier molecular flexibility index (Phi) is 4.61. The highest BCUT2D eigenvalue weighted by Crippen LogP contribution is 2.23. The fourth-order valence-corrected chi connectivity index (χ4v) is 2.53. The van der Waals surface area contributed by atoms with E-state index in [1.165, 1.54) is 0 Å². The number of rotatable bonds is 5. The van der Waals surface area contributed by atoms with Gasteiger partial charge in [-0.15, -0.1) is 5.10 Å². The highest BCUT2D eigenvalue weighted by atomic mass is 16.5. The molecule has 1 fully saturated rings. The second-order valence-corrected chi connectivity index (χ2v) is 5.76. The van der Waals surface area contributed by atoms with E-state index >= 15 is 0 Å². The minimum Gasteiger partial charge on any atom is -0.461 e. The monoisotopic (exact) mass is 318 g/mol. The number of H-pyrrole nitrogens is 1. The quantitative estimate of drug-likeness (QED) is 0.567. The van der Waals surface area contributed by atoms with Gasteiger partial charge in [-0.2, -0.15) is 0 Å². The van der Waals surface area contributed by atoms with E-state index in [4.69, 9.17) is 9.15 Å². The maximum atomic E-state index is 5.76. The van der Waals surface area contributed by atoms with Crippen molar-refractivity contribution in [2.24, 2.45) is 4.99 Å². The second kappa shape index (κ2) is 6.82. The van der Waals surface area contributed by atoms with Crippen LogP contribution in [0.3, 0.4) is 0 Å². The van der Waals surface area contributed by atoms with Crippen LogP contribution in [0.2, 0.25) is 0 Å². The molecule has 2 aromatic heterocycles. The average Bonchev–Trinajstić information content (AvgIpc) is 3.29. The third kappa shape index (κ3) is 3.89. The van der Waals surface area contributed by atoms with E-state index in [-0.39, 0.29) is 5.60 Å². The molecule has 0 amide bonds. The minimum atomic E-state index is -0.115. The number of aromatic amines is 1. The van der Waals surface area contributed by atoms with E-state index in [1.54, 1.807) is 19.4 Å². The first kappa shape index (κ1) is 15.5. The molecule has 1 aliphatic rings. The maximum absolute atomic E-state index is 5.76. The van der Waals surface area contributed by atoms with Crippen molar-refractivity contribution in [1.29, 1.82) is 0 Å². The van der Waals surface area contributed by atoms with Crippen LogP contribution in [0.4, 0.5) is 0 Å². The summed E-state index contributed by atoms with van der Waals surface area (Å²) in [6.07, 6.45) is 3.77. The largest absolute Gasteiger partial charge is 0.461 e. The molecule has 1 atom stereocenters. The molecule has 3 N–H and O–H groups in total. The first-order valence-corrected chi connectivity index (χ1v) is 7.72. The smallest absolute Gasteiger partial charge is 0.216 e. The van der Waals surface area contributed by atoms with Gasteiger partial charge in [0.1, 0.15) is 5.82 Å². The number of hydrogen-bond acceptors (Lipinski definition) is 5. The van der Waals surface area contributed by atoms with Gasteiger partial charge in [0.2, 0.25) is 5.82 Å². The van der Waals surface area contributed by atoms with Crippen molar-refractivity contribution in [2.75, 3.05) is 20.2 Å². The summed E-state index contributed by atoms with van der Waals surface area (Å²) < 4.78 is 11.0. The van der Waals surface area contributed by atoms with Gasteiger partial charge >= 0.3 is 0 Å². The Labute approximate surface area is 134 Å². The van der Waals surface area contributed by atoms with Crippen molar-refractivity contribution >= 4 is 5.96 Å². The zero-order chi connectivity index (χ0) is 16.1. The van der Waals surface area contributed by atoms with E-state index in [0.717, 1.165) is 26.0 Å². The van der Waals surface area contributed by atoms with Gasteiger partial charge in [0, 0.05) is 20.2 Å². The van der Waals surface area contributed by atoms with Crippen molar-refractivity contribution < 1.29 is 9.15 Å². The maximum Gasteiger partial charge on any atom is 0.216 e. The predicted octanol–water partition coefficient (Wildman–Crippen LogP) is 1.30. The normalized spacial score (nSPS) is 21.6.